The van der Waals surface area contributed by atoms with Gasteiger partial charge in [-0.3, -0.25) is 4.99 Å². The highest BCUT2D eigenvalue weighted by Gasteiger charge is 2.37. The van der Waals surface area contributed by atoms with Gasteiger partial charge in [-0.1, -0.05) is 49.0 Å². The predicted molar refractivity (Wildman–Crippen MR) is 79.1 cm³/mol. The largest absolute Gasteiger partial charge is 0.359 e. The molecular formula is C15H20N2S. The molecule has 1 aliphatic heterocycles. The Morgan fingerprint density at radius 3 is 2.72 bits per heavy atom. The van der Waals surface area contributed by atoms with Gasteiger partial charge in [-0.2, -0.15) is 0 Å². The number of nitrogens with one attached hydrogen (secondary N) is 1. The van der Waals surface area contributed by atoms with Crippen LogP contribution in [-0.4, -0.2) is 17.3 Å². The molecule has 0 bridgehead atoms. The van der Waals surface area contributed by atoms with Crippen LogP contribution in [0.5, 0.6) is 0 Å². The highest BCUT2D eigenvalue weighted by atomic mass is 32.2. The second kappa shape index (κ2) is 4.96. The van der Waals surface area contributed by atoms with E-state index in [1.54, 1.807) is 0 Å². The number of aliphatic imine (C=N–C) groups is 1. The van der Waals surface area contributed by atoms with E-state index in [9.17, 15) is 0 Å². The summed E-state index contributed by atoms with van der Waals surface area (Å²) in [5.41, 5.74) is 1.75. The van der Waals surface area contributed by atoms with Crippen LogP contribution in [0.4, 0.5) is 0 Å². The summed E-state index contributed by atoms with van der Waals surface area (Å²) in [6.07, 6.45) is 5.18. The Labute approximate surface area is 113 Å². The molecule has 2 nitrogen and oxygen atoms in total. The molecule has 18 heavy (non-hydrogen) atoms. The molecule has 1 aromatic carbocycles. The molecule has 1 N–H and O–H groups in total. The summed E-state index contributed by atoms with van der Waals surface area (Å²) in [5.74, 6) is 0. The molecule has 1 aliphatic carbocycles. The Balaban J connectivity index is 1.61. The SMILES string of the molecule is CCC1(NC2=NCC(c3ccccc3)S2)CCC1. The van der Waals surface area contributed by atoms with Crippen LogP contribution in [0.25, 0.3) is 0 Å². The zero-order valence-corrected chi connectivity index (χ0v) is 11.7. The quantitative estimate of drug-likeness (QED) is 0.895. The molecule has 1 aromatic rings. The molecule has 0 saturated heterocycles. The molecule has 3 heteroatoms. The number of amidine groups is 1. The first-order chi connectivity index (χ1) is 8.81. The molecule has 0 amide bonds. The summed E-state index contributed by atoms with van der Waals surface area (Å²) in [6.45, 7) is 3.19. The zero-order chi connectivity index (χ0) is 12.4. The normalized spacial score (nSPS) is 25.4. The van der Waals surface area contributed by atoms with Crippen LogP contribution in [0, 0.1) is 0 Å². The van der Waals surface area contributed by atoms with E-state index in [1.807, 2.05) is 11.8 Å². The molecular weight excluding hydrogens is 240 g/mol. The highest BCUT2D eigenvalue weighted by molar-refractivity contribution is 8.14. The van der Waals surface area contributed by atoms with E-state index in [-0.39, 0.29) is 0 Å². The van der Waals surface area contributed by atoms with Crippen LogP contribution in [-0.2, 0) is 0 Å². The van der Waals surface area contributed by atoms with E-state index < -0.39 is 0 Å². The van der Waals surface area contributed by atoms with Crippen molar-refractivity contribution in [2.24, 2.45) is 4.99 Å². The van der Waals surface area contributed by atoms with Crippen molar-refractivity contribution in [3.05, 3.63) is 35.9 Å². The molecule has 1 fully saturated rings. The maximum absolute atomic E-state index is 4.68. The van der Waals surface area contributed by atoms with Crippen LogP contribution in [0.3, 0.4) is 0 Å². The summed E-state index contributed by atoms with van der Waals surface area (Å²) in [4.78, 5) is 4.68. The number of rotatable bonds is 3. The topological polar surface area (TPSA) is 24.4 Å². The first kappa shape index (κ1) is 12.1. The van der Waals surface area contributed by atoms with E-state index in [2.05, 4.69) is 47.6 Å². The number of nitrogens with zero attached hydrogens (tertiary/aromatic N) is 1. The standard InChI is InChI=1S/C15H20N2S/c1-2-15(9-6-10-15)17-14-16-11-13(18-14)12-7-4-3-5-8-12/h3-5,7-8,13H,2,6,9-11H2,1H3,(H,16,17). The Kier molecular flexibility index (Phi) is 3.33. The van der Waals surface area contributed by atoms with Crippen molar-refractivity contribution in [2.45, 2.75) is 43.4 Å². The molecule has 0 aromatic heterocycles. The van der Waals surface area contributed by atoms with E-state index in [0.717, 1.165) is 11.7 Å². The lowest BCUT2D eigenvalue weighted by Crippen LogP contribution is -2.52. The van der Waals surface area contributed by atoms with Crippen molar-refractivity contribution < 1.29 is 0 Å². The second-order valence-electron chi connectivity index (χ2n) is 5.28. The van der Waals surface area contributed by atoms with E-state index in [1.165, 1.54) is 31.2 Å². The summed E-state index contributed by atoms with van der Waals surface area (Å²) in [6, 6.07) is 10.7. The molecule has 96 valence electrons. The Morgan fingerprint density at radius 2 is 2.11 bits per heavy atom. The monoisotopic (exact) mass is 260 g/mol. The van der Waals surface area contributed by atoms with Gasteiger partial charge < -0.3 is 5.32 Å². The molecule has 1 heterocycles. The fraction of sp³-hybridized carbons (Fsp3) is 0.533. The Hall–Kier alpha value is -0.960. The number of hydrogen-bond acceptors (Lipinski definition) is 3. The minimum atomic E-state index is 0.359. The van der Waals surface area contributed by atoms with Crippen LogP contribution in [0.1, 0.15) is 43.4 Å². The lowest BCUT2D eigenvalue weighted by Gasteiger charge is -2.42. The van der Waals surface area contributed by atoms with Gasteiger partial charge in [0.15, 0.2) is 5.17 Å². The van der Waals surface area contributed by atoms with Gasteiger partial charge >= 0.3 is 0 Å². The van der Waals surface area contributed by atoms with Gasteiger partial charge in [-0.05, 0) is 31.2 Å². The predicted octanol–water partition coefficient (Wildman–Crippen LogP) is 3.75. The van der Waals surface area contributed by atoms with E-state index in [0.29, 0.717) is 10.8 Å². The molecule has 1 unspecified atom stereocenters. The van der Waals surface area contributed by atoms with Crippen LogP contribution >= 0.6 is 11.8 Å². The minimum Gasteiger partial charge on any atom is -0.359 e. The van der Waals surface area contributed by atoms with Gasteiger partial charge in [-0.15, -0.1) is 0 Å². The van der Waals surface area contributed by atoms with Gasteiger partial charge in [-0.25, -0.2) is 0 Å². The van der Waals surface area contributed by atoms with E-state index in [4.69, 9.17) is 0 Å². The molecule has 1 saturated carbocycles. The summed E-state index contributed by atoms with van der Waals surface area (Å²) >= 11 is 1.89. The maximum Gasteiger partial charge on any atom is 0.157 e. The van der Waals surface area contributed by atoms with Crippen LogP contribution in [0.15, 0.2) is 35.3 Å². The van der Waals surface area contributed by atoms with Crippen molar-refractivity contribution in [3.8, 4) is 0 Å². The lowest BCUT2D eigenvalue weighted by atomic mass is 9.75. The van der Waals surface area contributed by atoms with Gasteiger partial charge in [0.05, 0.1) is 11.8 Å². The van der Waals surface area contributed by atoms with Crippen molar-refractivity contribution in [2.75, 3.05) is 6.54 Å². The second-order valence-corrected chi connectivity index (χ2v) is 6.47. The molecule has 1 atom stereocenters. The summed E-state index contributed by atoms with van der Waals surface area (Å²) in [5, 5.41) is 5.35. The highest BCUT2D eigenvalue weighted by Crippen LogP contribution is 2.39. The average Bonchev–Trinajstić information content (AvgIpc) is 2.83. The van der Waals surface area contributed by atoms with E-state index >= 15 is 0 Å². The summed E-state index contributed by atoms with van der Waals surface area (Å²) in [7, 11) is 0. The third-order valence-electron chi connectivity index (χ3n) is 4.19. The fourth-order valence-corrected chi connectivity index (χ4v) is 3.82. The number of benzene rings is 1. The van der Waals surface area contributed by atoms with Crippen LogP contribution < -0.4 is 5.32 Å². The Bertz CT molecular complexity index is 432. The molecule has 2 aliphatic rings. The van der Waals surface area contributed by atoms with Crippen molar-refractivity contribution >= 4 is 16.9 Å². The first-order valence-corrected chi connectivity index (χ1v) is 7.73. The van der Waals surface area contributed by atoms with Gasteiger partial charge in [0, 0.05) is 5.54 Å². The first-order valence-electron chi connectivity index (χ1n) is 6.86. The maximum atomic E-state index is 4.68. The third-order valence-corrected chi connectivity index (χ3v) is 5.35. The zero-order valence-electron chi connectivity index (χ0n) is 10.9. The van der Waals surface area contributed by atoms with Gasteiger partial charge in [0.2, 0.25) is 0 Å². The summed E-state index contributed by atoms with van der Waals surface area (Å²) < 4.78 is 0. The average molecular weight is 260 g/mol. The minimum absolute atomic E-state index is 0.359. The molecule has 0 radical (unpaired) electrons. The number of hydrogen-bond donors (Lipinski definition) is 1. The third kappa shape index (κ3) is 2.28. The van der Waals surface area contributed by atoms with Gasteiger partial charge in [0.25, 0.3) is 0 Å². The molecule has 3 rings (SSSR count). The van der Waals surface area contributed by atoms with Gasteiger partial charge in [0.1, 0.15) is 0 Å². The van der Waals surface area contributed by atoms with Crippen molar-refractivity contribution in [1.29, 1.82) is 0 Å². The lowest BCUT2D eigenvalue weighted by molar-refractivity contribution is 0.211. The van der Waals surface area contributed by atoms with Crippen molar-refractivity contribution in [1.82, 2.24) is 5.32 Å². The number of thioether (sulfide) groups is 1. The molecule has 0 spiro atoms. The fourth-order valence-electron chi connectivity index (χ4n) is 2.68. The van der Waals surface area contributed by atoms with Crippen LogP contribution in [0.2, 0.25) is 0 Å². The smallest absolute Gasteiger partial charge is 0.157 e. The van der Waals surface area contributed by atoms with Crippen molar-refractivity contribution in [3.63, 3.8) is 0 Å². The Morgan fingerprint density at radius 1 is 1.33 bits per heavy atom.